The van der Waals surface area contributed by atoms with E-state index in [1.807, 2.05) is 32.0 Å². The highest BCUT2D eigenvalue weighted by Gasteiger charge is 2.19. The molecule has 1 heterocycles. The summed E-state index contributed by atoms with van der Waals surface area (Å²) in [5.74, 6) is -1.47. The Morgan fingerprint density at radius 1 is 1.07 bits per heavy atom. The Bertz CT molecular complexity index is 1090. The van der Waals surface area contributed by atoms with E-state index >= 15 is 0 Å². The minimum Gasteiger partial charge on any atom is -0.382 e. The van der Waals surface area contributed by atoms with Gasteiger partial charge in [-0.15, -0.1) is 5.10 Å². The molecule has 0 aliphatic heterocycles. The average Bonchev–Trinajstić information content (AvgIpc) is 3.02. The summed E-state index contributed by atoms with van der Waals surface area (Å²) >= 11 is 0. The molecule has 0 spiro atoms. The first-order chi connectivity index (χ1) is 13.7. The van der Waals surface area contributed by atoms with Gasteiger partial charge < -0.3 is 16.4 Å². The number of aromatic nitrogens is 3. The molecule has 0 radical (unpaired) electrons. The topological polar surface area (TPSA) is 115 Å². The van der Waals surface area contributed by atoms with Gasteiger partial charge in [0.15, 0.2) is 11.5 Å². The second kappa shape index (κ2) is 8.09. The lowest BCUT2D eigenvalue weighted by molar-refractivity contribution is -0.116. The minimum absolute atomic E-state index is 0.0435. The fraction of sp³-hybridized carbons (Fsp3) is 0.200. The van der Waals surface area contributed by atoms with Crippen molar-refractivity contribution >= 4 is 29.0 Å². The Balaban J connectivity index is 1.69. The summed E-state index contributed by atoms with van der Waals surface area (Å²) in [5.41, 5.74) is 9.17. The van der Waals surface area contributed by atoms with Crippen LogP contribution in [-0.2, 0) is 11.3 Å². The molecular weight excluding hydrogens is 375 g/mol. The maximum Gasteiger partial charge on any atom is 0.280 e. The van der Waals surface area contributed by atoms with Crippen molar-refractivity contribution in [1.82, 2.24) is 15.0 Å². The van der Waals surface area contributed by atoms with E-state index in [0.29, 0.717) is 16.9 Å². The van der Waals surface area contributed by atoms with Crippen LogP contribution < -0.4 is 16.4 Å². The zero-order valence-corrected chi connectivity index (χ0v) is 16.3. The van der Waals surface area contributed by atoms with E-state index in [1.54, 1.807) is 19.1 Å². The average molecular weight is 396 g/mol. The fourth-order valence-electron chi connectivity index (χ4n) is 2.66. The van der Waals surface area contributed by atoms with Crippen molar-refractivity contribution in [2.45, 2.75) is 27.3 Å². The maximum absolute atomic E-state index is 13.6. The molecule has 2 amide bonds. The predicted octanol–water partition coefficient (Wildman–Crippen LogP) is 2.82. The lowest BCUT2D eigenvalue weighted by atomic mass is 10.1. The quantitative estimate of drug-likeness (QED) is 0.613. The molecule has 150 valence electrons. The van der Waals surface area contributed by atoms with Crippen molar-refractivity contribution in [3.63, 3.8) is 0 Å². The van der Waals surface area contributed by atoms with E-state index in [2.05, 4.69) is 20.9 Å². The number of nitrogen functional groups attached to an aromatic ring is 1. The van der Waals surface area contributed by atoms with Crippen LogP contribution in [0.5, 0.6) is 0 Å². The molecule has 0 fully saturated rings. The molecule has 0 aliphatic carbocycles. The Morgan fingerprint density at radius 3 is 2.52 bits per heavy atom. The summed E-state index contributed by atoms with van der Waals surface area (Å²) in [6, 6.07) is 10.0. The zero-order chi connectivity index (χ0) is 21.1. The lowest BCUT2D eigenvalue weighted by Gasteiger charge is -2.09. The van der Waals surface area contributed by atoms with Crippen LogP contribution in [0, 0.1) is 26.6 Å². The summed E-state index contributed by atoms with van der Waals surface area (Å²) in [4.78, 5) is 24.7. The summed E-state index contributed by atoms with van der Waals surface area (Å²) in [5, 5.41) is 12.9. The van der Waals surface area contributed by atoms with Crippen LogP contribution in [0.3, 0.4) is 0 Å². The van der Waals surface area contributed by atoms with E-state index in [0.717, 1.165) is 15.8 Å². The number of nitrogens with two attached hydrogens (primary N) is 1. The highest BCUT2D eigenvalue weighted by molar-refractivity contribution is 6.06. The van der Waals surface area contributed by atoms with Crippen molar-refractivity contribution in [3.05, 3.63) is 64.6 Å². The van der Waals surface area contributed by atoms with Crippen LogP contribution >= 0.6 is 0 Å². The summed E-state index contributed by atoms with van der Waals surface area (Å²) in [6.45, 7) is 5.14. The minimum atomic E-state index is -0.525. The Kier molecular flexibility index (Phi) is 5.58. The lowest BCUT2D eigenvalue weighted by Crippen LogP contribution is -2.21. The van der Waals surface area contributed by atoms with Crippen LogP contribution in [0.15, 0.2) is 36.4 Å². The first-order valence-corrected chi connectivity index (χ1v) is 8.88. The van der Waals surface area contributed by atoms with Gasteiger partial charge in [0.2, 0.25) is 5.91 Å². The number of aryl methyl sites for hydroxylation is 3. The van der Waals surface area contributed by atoms with Crippen LogP contribution in [0.2, 0.25) is 0 Å². The second-order valence-corrected chi connectivity index (χ2v) is 6.77. The predicted molar refractivity (Wildman–Crippen MR) is 108 cm³/mol. The first kappa shape index (κ1) is 20.0. The standard InChI is InChI=1S/C20H21FN6O2/c1-11-4-5-13(3)16(8-11)24-20(29)18-19(22)27(26-25-18)10-17(28)23-14-7-6-12(2)15(21)9-14/h4-9H,10,22H2,1-3H3,(H,23,28)(H,24,29). The van der Waals surface area contributed by atoms with Crippen molar-refractivity contribution < 1.29 is 14.0 Å². The van der Waals surface area contributed by atoms with Gasteiger partial charge in [0, 0.05) is 11.4 Å². The SMILES string of the molecule is Cc1ccc(C)c(NC(=O)c2nnn(CC(=O)Nc3ccc(C)c(F)c3)c2N)c1. The number of hydrogen-bond donors (Lipinski definition) is 3. The Morgan fingerprint density at radius 2 is 1.79 bits per heavy atom. The molecule has 8 nitrogen and oxygen atoms in total. The number of carbonyl (C=O) groups excluding carboxylic acids is 2. The maximum atomic E-state index is 13.6. The molecule has 3 aromatic rings. The number of halogens is 1. The molecule has 9 heteroatoms. The number of anilines is 3. The third kappa shape index (κ3) is 4.57. The van der Waals surface area contributed by atoms with Crippen LogP contribution in [-0.4, -0.2) is 26.8 Å². The van der Waals surface area contributed by atoms with Gasteiger partial charge in [-0.2, -0.15) is 0 Å². The molecular formula is C20H21FN6O2. The van der Waals surface area contributed by atoms with Gasteiger partial charge in [0.25, 0.3) is 5.91 Å². The van der Waals surface area contributed by atoms with Gasteiger partial charge in [-0.25, -0.2) is 9.07 Å². The molecule has 4 N–H and O–H groups in total. The normalized spacial score (nSPS) is 10.6. The number of rotatable bonds is 5. The van der Waals surface area contributed by atoms with Crippen molar-refractivity contribution in [1.29, 1.82) is 0 Å². The number of nitrogens with one attached hydrogen (secondary N) is 2. The van der Waals surface area contributed by atoms with E-state index < -0.39 is 17.6 Å². The molecule has 0 saturated heterocycles. The number of hydrogen-bond acceptors (Lipinski definition) is 5. The van der Waals surface area contributed by atoms with Gasteiger partial charge in [-0.05, 0) is 55.7 Å². The Hall–Kier alpha value is -3.75. The summed E-state index contributed by atoms with van der Waals surface area (Å²) in [6.07, 6.45) is 0. The molecule has 3 rings (SSSR count). The third-order valence-corrected chi connectivity index (χ3v) is 4.38. The van der Waals surface area contributed by atoms with Crippen LogP contribution in [0.4, 0.5) is 21.6 Å². The van der Waals surface area contributed by atoms with E-state index in [-0.39, 0.29) is 18.1 Å². The molecule has 0 saturated carbocycles. The highest BCUT2D eigenvalue weighted by Crippen LogP contribution is 2.19. The molecule has 2 aromatic carbocycles. The van der Waals surface area contributed by atoms with E-state index in [4.69, 9.17) is 5.73 Å². The third-order valence-electron chi connectivity index (χ3n) is 4.38. The number of benzene rings is 2. The zero-order valence-electron chi connectivity index (χ0n) is 16.3. The molecule has 0 atom stereocenters. The molecule has 1 aromatic heterocycles. The molecule has 0 unspecified atom stereocenters. The van der Waals surface area contributed by atoms with Gasteiger partial charge in [0.05, 0.1) is 0 Å². The largest absolute Gasteiger partial charge is 0.382 e. The monoisotopic (exact) mass is 396 g/mol. The van der Waals surface area contributed by atoms with Gasteiger partial charge >= 0.3 is 0 Å². The first-order valence-electron chi connectivity index (χ1n) is 8.88. The van der Waals surface area contributed by atoms with Crippen LogP contribution in [0.25, 0.3) is 0 Å². The number of carbonyl (C=O) groups is 2. The highest BCUT2D eigenvalue weighted by atomic mass is 19.1. The van der Waals surface area contributed by atoms with E-state index in [9.17, 15) is 14.0 Å². The molecule has 0 aliphatic rings. The summed E-state index contributed by atoms with van der Waals surface area (Å²) in [7, 11) is 0. The number of nitrogens with zero attached hydrogens (tertiary/aromatic N) is 3. The number of amides is 2. The second-order valence-electron chi connectivity index (χ2n) is 6.77. The van der Waals surface area contributed by atoms with Crippen LogP contribution in [0.1, 0.15) is 27.2 Å². The molecule has 29 heavy (non-hydrogen) atoms. The van der Waals surface area contributed by atoms with Gasteiger partial charge in [-0.3, -0.25) is 9.59 Å². The van der Waals surface area contributed by atoms with Crippen molar-refractivity contribution in [3.8, 4) is 0 Å². The van der Waals surface area contributed by atoms with Gasteiger partial charge in [-0.1, -0.05) is 23.4 Å². The fourth-order valence-corrected chi connectivity index (χ4v) is 2.66. The summed E-state index contributed by atoms with van der Waals surface area (Å²) < 4.78 is 14.7. The molecule has 0 bridgehead atoms. The Labute approximate surface area is 166 Å². The van der Waals surface area contributed by atoms with Crippen molar-refractivity contribution in [2.24, 2.45) is 0 Å². The van der Waals surface area contributed by atoms with Gasteiger partial charge in [0.1, 0.15) is 12.4 Å². The smallest absolute Gasteiger partial charge is 0.280 e. The van der Waals surface area contributed by atoms with E-state index in [1.165, 1.54) is 6.07 Å². The van der Waals surface area contributed by atoms with Crippen molar-refractivity contribution in [2.75, 3.05) is 16.4 Å².